The predicted octanol–water partition coefficient (Wildman–Crippen LogP) is 2.20. The van der Waals surface area contributed by atoms with Crippen molar-refractivity contribution in [2.24, 2.45) is 5.92 Å². The van der Waals surface area contributed by atoms with Crippen LogP contribution in [-0.2, 0) is 4.79 Å². The van der Waals surface area contributed by atoms with Crippen molar-refractivity contribution in [2.75, 3.05) is 0 Å². The van der Waals surface area contributed by atoms with Gasteiger partial charge in [-0.15, -0.1) is 0 Å². The molecule has 0 aromatic rings. The zero-order chi connectivity index (χ0) is 17.2. The highest BCUT2D eigenvalue weighted by Gasteiger charge is 2.46. The summed E-state index contributed by atoms with van der Waals surface area (Å²) in [6, 6.07) is 0. The molecule has 4 nitrogen and oxygen atoms in total. The van der Waals surface area contributed by atoms with Gasteiger partial charge in [0.1, 0.15) is 6.29 Å². The van der Waals surface area contributed by atoms with Crippen molar-refractivity contribution in [3.63, 3.8) is 0 Å². The van der Waals surface area contributed by atoms with Crippen LogP contribution in [0.25, 0.3) is 0 Å². The number of hydrogen-bond donors (Lipinski definition) is 3. The van der Waals surface area contributed by atoms with E-state index < -0.39 is 39.6 Å². The summed E-state index contributed by atoms with van der Waals surface area (Å²) in [7, 11) is -3.96. The Kier molecular flexibility index (Phi) is 7.03. The van der Waals surface area contributed by atoms with E-state index >= 15 is 0 Å². The molecule has 126 valence electrons. The van der Waals surface area contributed by atoms with Gasteiger partial charge in [-0.1, -0.05) is 53.5 Å². The Hall–Kier alpha value is -0.0162. The van der Waals surface area contributed by atoms with Crippen LogP contribution >= 0.6 is 0 Å². The van der Waals surface area contributed by atoms with Crippen LogP contribution in [0, 0.1) is 5.92 Å². The summed E-state index contributed by atoms with van der Waals surface area (Å²) in [4.78, 5) is 11.3. The third-order valence-electron chi connectivity index (χ3n) is 5.10. The lowest BCUT2D eigenvalue weighted by Crippen LogP contribution is -2.57. The van der Waals surface area contributed by atoms with Crippen LogP contribution in [0.4, 0.5) is 0 Å². The third kappa shape index (κ3) is 5.28. The summed E-state index contributed by atoms with van der Waals surface area (Å²) >= 11 is 0. The normalized spacial score (nSPS) is 19.8. The minimum Gasteiger partial charge on any atom is -0.397 e. The lowest BCUT2D eigenvalue weighted by atomic mass is 10.0. The van der Waals surface area contributed by atoms with E-state index in [1.165, 1.54) is 0 Å². The van der Waals surface area contributed by atoms with E-state index in [9.17, 15) is 20.1 Å². The smallest absolute Gasteiger partial charge is 0.125 e. The van der Waals surface area contributed by atoms with Crippen LogP contribution < -0.4 is 0 Å². The third-order valence-corrected chi connectivity index (χ3v) is 13.0. The fourth-order valence-electron chi connectivity index (χ4n) is 1.99. The van der Waals surface area contributed by atoms with Gasteiger partial charge in [0.15, 0.2) is 0 Å². The van der Waals surface area contributed by atoms with Crippen molar-refractivity contribution in [2.45, 2.75) is 82.5 Å². The highest BCUT2D eigenvalue weighted by molar-refractivity contribution is 6.81. The van der Waals surface area contributed by atoms with Crippen molar-refractivity contribution in [1.82, 2.24) is 0 Å². The average Bonchev–Trinajstić information content (AvgIpc) is 2.30. The van der Waals surface area contributed by atoms with Crippen molar-refractivity contribution in [3.05, 3.63) is 0 Å². The Labute approximate surface area is 131 Å². The molecule has 0 radical (unpaired) electrons. The van der Waals surface area contributed by atoms with Gasteiger partial charge in [-0.05, 0) is 11.5 Å². The largest absolute Gasteiger partial charge is 0.397 e. The van der Waals surface area contributed by atoms with E-state index in [1.807, 2.05) is 32.7 Å². The summed E-state index contributed by atoms with van der Waals surface area (Å²) in [6.45, 7) is 16.3. The second kappa shape index (κ2) is 7.04. The van der Waals surface area contributed by atoms with Gasteiger partial charge >= 0.3 is 0 Å². The SMILES string of the molecule is CC(C)(C)[Si](C)(C)C(O)[C@@H](O)[C@@H](C=O)CC(O)[Si](C)(C)C. The van der Waals surface area contributed by atoms with Crippen molar-refractivity contribution >= 4 is 22.4 Å². The topological polar surface area (TPSA) is 77.8 Å². The molecule has 3 N–H and O–H groups in total. The fraction of sp³-hybridized carbons (Fsp3) is 0.933. The first kappa shape index (κ1) is 21.0. The Morgan fingerprint density at radius 1 is 1.00 bits per heavy atom. The van der Waals surface area contributed by atoms with Crippen molar-refractivity contribution in [1.29, 1.82) is 0 Å². The van der Waals surface area contributed by atoms with Crippen LogP contribution in [0.2, 0.25) is 37.8 Å². The molecule has 4 atom stereocenters. The molecule has 0 aliphatic heterocycles. The molecular weight excluding hydrogens is 300 g/mol. The molecule has 0 spiro atoms. The summed E-state index contributed by atoms with van der Waals surface area (Å²) in [6.07, 6.45) is -0.189. The first-order valence-electron chi connectivity index (χ1n) is 7.65. The Bertz CT molecular complexity index is 345. The second-order valence-corrected chi connectivity index (χ2v) is 19.8. The number of aldehydes is 1. The molecule has 0 aromatic carbocycles. The summed E-state index contributed by atoms with van der Waals surface area (Å²) in [5.74, 6) is -0.712. The Morgan fingerprint density at radius 2 is 1.43 bits per heavy atom. The zero-order valence-corrected chi connectivity index (χ0v) is 16.8. The molecule has 0 saturated carbocycles. The lowest BCUT2D eigenvalue weighted by Gasteiger charge is -2.43. The minimum absolute atomic E-state index is 0.0851. The molecule has 0 aromatic heterocycles. The van der Waals surface area contributed by atoms with E-state index in [2.05, 4.69) is 20.8 Å². The molecule has 0 bridgehead atoms. The molecule has 6 heteroatoms. The van der Waals surface area contributed by atoms with E-state index in [-0.39, 0.29) is 11.5 Å². The van der Waals surface area contributed by atoms with Crippen LogP contribution in [-0.4, -0.2) is 55.3 Å². The maximum absolute atomic E-state index is 11.3. The average molecular weight is 335 g/mol. The van der Waals surface area contributed by atoms with Gasteiger partial charge in [-0.25, -0.2) is 0 Å². The van der Waals surface area contributed by atoms with Gasteiger partial charge in [0.25, 0.3) is 0 Å². The van der Waals surface area contributed by atoms with E-state index in [0.717, 1.165) is 0 Å². The standard InChI is InChI=1S/C15H34O4Si2/c1-15(2,3)21(7,8)14(19)13(18)11(10-16)9-12(17)20(4,5)6/h10-14,17-19H,9H2,1-8H3/t11-,12?,13+,14?/m1/s1. The summed E-state index contributed by atoms with van der Waals surface area (Å²) in [5.41, 5.74) is -1.45. The number of carbonyl (C=O) groups excluding carboxylic acids is 1. The quantitative estimate of drug-likeness (QED) is 0.493. The zero-order valence-electron chi connectivity index (χ0n) is 14.8. The van der Waals surface area contributed by atoms with Crippen LogP contribution in [0.5, 0.6) is 0 Å². The Morgan fingerprint density at radius 3 is 1.71 bits per heavy atom. The first-order chi connectivity index (χ1) is 9.16. The highest BCUT2D eigenvalue weighted by Crippen LogP contribution is 2.40. The van der Waals surface area contributed by atoms with Crippen molar-refractivity contribution in [3.8, 4) is 0 Å². The van der Waals surface area contributed by atoms with Crippen LogP contribution in [0.1, 0.15) is 27.2 Å². The lowest BCUT2D eigenvalue weighted by molar-refractivity contribution is -0.117. The molecular formula is C15H34O4Si2. The van der Waals surface area contributed by atoms with Gasteiger partial charge in [-0.2, -0.15) is 0 Å². The maximum atomic E-state index is 11.3. The number of aliphatic hydroxyl groups is 3. The monoisotopic (exact) mass is 334 g/mol. The molecule has 2 unspecified atom stereocenters. The highest BCUT2D eigenvalue weighted by atomic mass is 28.3. The molecule has 21 heavy (non-hydrogen) atoms. The molecule has 0 heterocycles. The number of rotatable bonds is 7. The molecule has 0 rings (SSSR count). The maximum Gasteiger partial charge on any atom is 0.125 e. The number of hydrogen-bond acceptors (Lipinski definition) is 4. The molecule has 0 fully saturated rings. The Balaban J connectivity index is 5.11. The van der Waals surface area contributed by atoms with E-state index in [4.69, 9.17) is 0 Å². The van der Waals surface area contributed by atoms with Gasteiger partial charge < -0.3 is 20.1 Å². The molecule has 0 aliphatic carbocycles. The summed E-state index contributed by atoms with van der Waals surface area (Å²) < 4.78 is 0. The summed E-state index contributed by atoms with van der Waals surface area (Å²) in [5, 5.41) is 31.1. The van der Waals surface area contributed by atoms with Gasteiger partial charge in [-0.3, -0.25) is 0 Å². The molecule has 0 aliphatic rings. The number of aliphatic hydroxyl groups excluding tert-OH is 3. The van der Waals surface area contributed by atoms with Crippen LogP contribution in [0.15, 0.2) is 0 Å². The van der Waals surface area contributed by atoms with Gasteiger partial charge in [0.05, 0.1) is 28.0 Å². The van der Waals surface area contributed by atoms with E-state index in [1.54, 1.807) is 0 Å². The van der Waals surface area contributed by atoms with Gasteiger partial charge in [0, 0.05) is 11.6 Å². The first-order valence-corrected chi connectivity index (χ1v) is 14.3. The fourth-order valence-corrected chi connectivity index (χ4v) is 4.96. The van der Waals surface area contributed by atoms with Gasteiger partial charge in [0.2, 0.25) is 0 Å². The minimum atomic E-state index is -2.17. The second-order valence-electron chi connectivity index (χ2n) is 8.82. The predicted molar refractivity (Wildman–Crippen MR) is 92.7 cm³/mol. The molecule has 0 amide bonds. The molecule has 0 saturated heterocycles. The van der Waals surface area contributed by atoms with E-state index in [0.29, 0.717) is 6.29 Å². The number of carbonyl (C=O) groups is 1. The van der Waals surface area contributed by atoms with Crippen LogP contribution in [0.3, 0.4) is 0 Å². The van der Waals surface area contributed by atoms with Crippen molar-refractivity contribution < 1.29 is 20.1 Å².